The van der Waals surface area contributed by atoms with Crippen molar-refractivity contribution in [3.63, 3.8) is 0 Å². The van der Waals surface area contributed by atoms with Crippen molar-refractivity contribution >= 4 is 34.7 Å². The summed E-state index contributed by atoms with van der Waals surface area (Å²) in [7, 11) is 0. The average molecular weight is 406 g/mol. The number of alkyl halides is 2. The Bertz CT molecular complexity index is 903. The molecule has 2 aromatic carbocycles. The number of rotatable bonds is 7. The third-order valence-electron chi connectivity index (χ3n) is 3.56. The Kier molecular flexibility index (Phi) is 6.41. The predicted molar refractivity (Wildman–Crippen MR) is 105 cm³/mol. The maximum absolute atomic E-state index is 12.5. The fourth-order valence-electron chi connectivity index (χ4n) is 2.26. The number of carbonyl (C=O) groups is 1. The summed E-state index contributed by atoms with van der Waals surface area (Å²) >= 11 is 2.77. The van der Waals surface area contributed by atoms with Crippen molar-refractivity contribution in [1.29, 1.82) is 0 Å². The van der Waals surface area contributed by atoms with Crippen molar-refractivity contribution in [1.82, 2.24) is 4.98 Å². The Morgan fingerprint density at radius 1 is 1.15 bits per heavy atom. The second-order valence-corrected chi connectivity index (χ2v) is 7.93. The van der Waals surface area contributed by atoms with Crippen LogP contribution in [0.1, 0.15) is 6.92 Å². The number of nitrogens with one attached hydrogen (secondary N) is 1. The molecule has 0 saturated carbocycles. The van der Waals surface area contributed by atoms with Crippen LogP contribution in [0.4, 0.5) is 14.5 Å². The Hall–Kier alpha value is -2.45. The quantitative estimate of drug-likeness (QED) is 0.524. The van der Waals surface area contributed by atoms with E-state index < -0.39 is 11.9 Å². The van der Waals surface area contributed by atoms with Gasteiger partial charge in [0.25, 0.3) is 0 Å². The van der Waals surface area contributed by atoms with Gasteiger partial charge in [0.1, 0.15) is 5.75 Å². The summed E-state index contributed by atoms with van der Waals surface area (Å²) in [5, 5.41) is 4.11. The fourth-order valence-corrected chi connectivity index (χ4v) is 4.23. The summed E-state index contributed by atoms with van der Waals surface area (Å²) < 4.78 is 30.2. The molecule has 0 spiro atoms. The highest BCUT2D eigenvalue weighted by molar-refractivity contribution is 8.02. The number of thioether (sulfide) groups is 1. The third-order valence-corrected chi connectivity index (χ3v) is 5.63. The van der Waals surface area contributed by atoms with Crippen molar-refractivity contribution < 1.29 is 18.3 Å². The molecule has 3 aromatic rings. The molecule has 8 heteroatoms. The van der Waals surface area contributed by atoms with Crippen LogP contribution in [-0.2, 0) is 4.79 Å². The van der Waals surface area contributed by atoms with Crippen LogP contribution >= 0.6 is 23.1 Å². The fraction of sp³-hybridized carbons (Fsp3) is 0.158. The largest absolute Gasteiger partial charge is 0.433 e. The first-order valence-electron chi connectivity index (χ1n) is 8.05. The molecule has 0 unspecified atom stereocenters. The Balaban J connectivity index is 1.64. The molecule has 0 aliphatic rings. The van der Waals surface area contributed by atoms with Gasteiger partial charge in [0.2, 0.25) is 5.91 Å². The summed E-state index contributed by atoms with van der Waals surface area (Å²) in [5.41, 5.74) is 2.07. The van der Waals surface area contributed by atoms with Crippen molar-refractivity contribution in [2.45, 2.75) is 23.1 Å². The molecule has 0 saturated heterocycles. The third kappa shape index (κ3) is 5.27. The number of benzene rings is 2. The van der Waals surface area contributed by atoms with Gasteiger partial charge in [0.05, 0.1) is 16.6 Å². The standard InChI is InChI=1S/C19H16F2N2O2S2/c1-12(17(24)22-14-9-5-6-10-16(14)25-18(20)21)27-19-23-15(11-26-19)13-7-3-2-4-8-13/h2-12,18H,1H3,(H,22,24)/t12-/m0/s1. The van der Waals surface area contributed by atoms with Crippen molar-refractivity contribution in [2.75, 3.05) is 5.32 Å². The minimum Gasteiger partial charge on any atom is -0.433 e. The van der Waals surface area contributed by atoms with Gasteiger partial charge in [0.15, 0.2) is 4.34 Å². The Morgan fingerprint density at radius 3 is 2.59 bits per heavy atom. The number of ether oxygens (including phenoxy) is 1. The van der Waals surface area contributed by atoms with E-state index in [1.54, 1.807) is 19.1 Å². The molecule has 1 heterocycles. The van der Waals surface area contributed by atoms with Gasteiger partial charge < -0.3 is 10.1 Å². The number of thiazole rings is 1. The summed E-state index contributed by atoms with van der Waals surface area (Å²) in [5.74, 6) is -0.388. The predicted octanol–water partition coefficient (Wildman–Crippen LogP) is 5.53. The Morgan fingerprint density at radius 2 is 1.85 bits per heavy atom. The number of anilines is 1. The lowest BCUT2D eigenvalue weighted by Gasteiger charge is -2.14. The van der Waals surface area contributed by atoms with Crippen LogP contribution in [0.25, 0.3) is 11.3 Å². The molecule has 1 amide bonds. The van der Waals surface area contributed by atoms with E-state index in [-0.39, 0.29) is 17.3 Å². The van der Waals surface area contributed by atoms with Gasteiger partial charge in [-0.15, -0.1) is 11.3 Å². The minimum absolute atomic E-state index is 0.0707. The lowest BCUT2D eigenvalue weighted by atomic mass is 10.2. The number of hydrogen-bond acceptors (Lipinski definition) is 5. The molecule has 140 valence electrons. The van der Waals surface area contributed by atoms with E-state index in [2.05, 4.69) is 15.0 Å². The molecule has 0 aliphatic heterocycles. The van der Waals surface area contributed by atoms with Crippen LogP contribution in [0.3, 0.4) is 0 Å². The summed E-state index contributed by atoms with van der Waals surface area (Å²) in [6, 6.07) is 15.9. The van der Waals surface area contributed by atoms with Crippen LogP contribution in [0.5, 0.6) is 5.75 Å². The molecule has 0 fully saturated rings. The SMILES string of the molecule is C[C@H](Sc1nc(-c2ccccc2)cs1)C(=O)Nc1ccccc1OC(F)F. The van der Waals surface area contributed by atoms with Gasteiger partial charge in [-0.25, -0.2) is 4.98 Å². The van der Waals surface area contributed by atoms with Crippen molar-refractivity contribution in [3.05, 3.63) is 60.0 Å². The van der Waals surface area contributed by atoms with Gasteiger partial charge in [-0.3, -0.25) is 4.79 Å². The van der Waals surface area contributed by atoms with Gasteiger partial charge in [0, 0.05) is 10.9 Å². The van der Waals surface area contributed by atoms with E-state index in [9.17, 15) is 13.6 Å². The molecule has 1 aromatic heterocycles. The molecular weight excluding hydrogens is 390 g/mol. The zero-order chi connectivity index (χ0) is 19.2. The first kappa shape index (κ1) is 19.3. The van der Waals surface area contributed by atoms with Crippen LogP contribution in [0.15, 0.2) is 64.3 Å². The van der Waals surface area contributed by atoms with Crippen LogP contribution in [0, 0.1) is 0 Å². The number of carbonyl (C=O) groups excluding carboxylic acids is 1. The molecule has 1 N–H and O–H groups in total. The first-order valence-corrected chi connectivity index (χ1v) is 9.81. The Labute approximate surface area is 163 Å². The lowest BCUT2D eigenvalue weighted by Crippen LogP contribution is -2.23. The second kappa shape index (κ2) is 8.96. The van der Waals surface area contributed by atoms with Crippen molar-refractivity contribution in [2.24, 2.45) is 0 Å². The maximum atomic E-state index is 12.5. The number of para-hydroxylation sites is 2. The summed E-state index contributed by atoms with van der Waals surface area (Å²) in [4.78, 5) is 17.0. The van der Waals surface area contributed by atoms with E-state index in [0.29, 0.717) is 0 Å². The second-order valence-electron chi connectivity index (χ2n) is 5.49. The molecule has 0 radical (unpaired) electrons. The molecule has 27 heavy (non-hydrogen) atoms. The topological polar surface area (TPSA) is 51.2 Å². The zero-order valence-electron chi connectivity index (χ0n) is 14.3. The summed E-state index contributed by atoms with van der Waals surface area (Å²) in [6.45, 7) is -1.22. The number of amides is 1. The van der Waals surface area contributed by atoms with Gasteiger partial charge in [-0.05, 0) is 19.1 Å². The first-order chi connectivity index (χ1) is 13.0. The molecule has 0 aliphatic carbocycles. The molecule has 3 rings (SSSR count). The normalized spacial score (nSPS) is 12.0. The van der Waals surface area contributed by atoms with Crippen LogP contribution in [0.2, 0.25) is 0 Å². The number of hydrogen-bond donors (Lipinski definition) is 1. The highest BCUT2D eigenvalue weighted by Crippen LogP contribution is 2.32. The van der Waals surface area contributed by atoms with E-state index >= 15 is 0 Å². The number of nitrogens with zero attached hydrogens (tertiary/aromatic N) is 1. The smallest absolute Gasteiger partial charge is 0.387 e. The van der Waals surface area contributed by atoms with E-state index in [0.717, 1.165) is 15.6 Å². The lowest BCUT2D eigenvalue weighted by molar-refractivity contribution is -0.115. The average Bonchev–Trinajstić information content (AvgIpc) is 3.12. The van der Waals surface area contributed by atoms with E-state index in [1.807, 2.05) is 35.7 Å². The highest BCUT2D eigenvalue weighted by atomic mass is 32.2. The van der Waals surface area contributed by atoms with Gasteiger partial charge in [-0.1, -0.05) is 54.2 Å². The van der Waals surface area contributed by atoms with Crippen molar-refractivity contribution in [3.8, 4) is 17.0 Å². The molecule has 1 atom stereocenters. The molecule has 4 nitrogen and oxygen atoms in total. The van der Waals surface area contributed by atoms with E-state index in [1.165, 1.54) is 35.2 Å². The monoisotopic (exact) mass is 406 g/mol. The molecular formula is C19H16F2N2O2S2. The van der Waals surface area contributed by atoms with Gasteiger partial charge in [-0.2, -0.15) is 8.78 Å². The molecule has 0 bridgehead atoms. The zero-order valence-corrected chi connectivity index (χ0v) is 15.9. The number of halogens is 2. The van der Waals surface area contributed by atoms with E-state index in [4.69, 9.17) is 0 Å². The number of aromatic nitrogens is 1. The van der Waals surface area contributed by atoms with Crippen LogP contribution in [-0.4, -0.2) is 22.8 Å². The summed E-state index contributed by atoms with van der Waals surface area (Å²) in [6.07, 6.45) is 0. The maximum Gasteiger partial charge on any atom is 0.387 e. The van der Waals surface area contributed by atoms with Crippen LogP contribution < -0.4 is 10.1 Å². The minimum atomic E-state index is -2.96. The highest BCUT2D eigenvalue weighted by Gasteiger charge is 2.19. The van der Waals surface area contributed by atoms with Gasteiger partial charge >= 0.3 is 6.61 Å².